The number of thiazole rings is 1. The molecule has 2 amide bonds. The Kier molecular flexibility index (Phi) is 4.38. The number of pyridine rings is 1. The van der Waals surface area contributed by atoms with Crippen molar-refractivity contribution in [3.05, 3.63) is 59.2 Å². The summed E-state index contributed by atoms with van der Waals surface area (Å²) < 4.78 is 0. The summed E-state index contributed by atoms with van der Waals surface area (Å²) in [6.45, 7) is 1.22. The van der Waals surface area contributed by atoms with E-state index in [1.807, 2.05) is 41.3 Å². The fourth-order valence-electron chi connectivity index (χ4n) is 3.20. The van der Waals surface area contributed by atoms with Crippen LogP contribution in [0.3, 0.4) is 0 Å². The van der Waals surface area contributed by atoms with Gasteiger partial charge >= 0.3 is 0 Å². The number of hydrogen-bond acceptors (Lipinski definition) is 5. The number of amides is 2. The first-order chi connectivity index (χ1) is 12.6. The topological polar surface area (TPSA) is 66.4 Å². The van der Waals surface area contributed by atoms with Crippen LogP contribution >= 0.6 is 11.3 Å². The van der Waals surface area contributed by atoms with Crippen molar-refractivity contribution in [3.8, 4) is 0 Å². The molecule has 0 saturated carbocycles. The normalized spacial score (nSPS) is 17.0. The second-order valence-electron chi connectivity index (χ2n) is 6.31. The molecule has 1 aromatic carbocycles. The highest BCUT2D eigenvalue weighted by atomic mass is 32.1. The van der Waals surface area contributed by atoms with Crippen LogP contribution in [0.5, 0.6) is 0 Å². The molecule has 2 aromatic heterocycles. The molecule has 0 N–H and O–H groups in total. The van der Waals surface area contributed by atoms with E-state index in [9.17, 15) is 9.59 Å². The van der Waals surface area contributed by atoms with Crippen molar-refractivity contribution >= 4 is 33.5 Å². The second-order valence-corrected chi connectivity index (χ2v) is 7.29. The fourth-order valence-corrected chi connectivity index (χ4v) is 4.09. The van der Waals surface area contributed by atoms with Crippen LogP contribution in [0, 0.1) is 0 Å². The average Bonchev–Trinajstić information content (AvgIpc) is 3.25. The van der Waals surface area contributed by atoms with Gasteiger partial charge in [-0.25, -0.2) is 9.97 Å². The zero-order valence-corrected chi connectivity index (χ0v) is 15.1. The third-order valence-electron chi connectivity index (χ3n) is 4.62. The Bertz CT molecular complexity index is 923. The van der Waals surface area contributed by atoms with Crippen molar-refractivity contribution in [1.82, 2.24) is 19.8 Å². The minimum absolute atomic E-state index is 0.0102. The molecule has 0 bridgehead atoms. The van der Waals surface area contributed by atoms with Gasteiger partial charge in [0, 0.05) is 26.3 Å². The highest BCUT2D eigenvalue weighted by Crippen LogP contribution is 2.24. The lowest BCUT2D eigenvalue weighted by molar-refractivity contribution is -0.131. The van der Waals surface area contributed by atoms with Gasteiger partial charge in [0.1, 0.15) is 16.4 Å². The van der Waals surface area contributed by atoms with E-state index in [1.165, 1.54) is 16.2 Å². The van der Waals surface area contributed by atoms with Gasteiger partial charge < -0.3 is 9.80 Å². The lowest BCUT2D eigenvalue weighted by Crippen LogP contribution is -2.42. The van der Waals surface area contributed by atoms with E-state index in [0.717, 1.165) is 10.4 Å². The van der Waals surface area contributed by atoms with E-state index in [0.29, 0.717) is 30.0 Å². The van der Waals surface area contributed by atoms with Crippen molar-refractivity contribution in [1.29, 1.82) is 0 Å². The standard InChI is InChI=1S/C19H18N4O2S/c1-22(19(25)17-21-14-8-5-10-20-16(14)26-17)15-9-11-23(18(15)24)12-13-6-3-2-4-7-13/h2-8,10,15H,9,11-12H2,1H3. The summed E-state index contributed by atoms with van der Waals surface area (Å²) in [5.41, 5.74) is 1.80. The molecular formula is C19H18N4O2S. The molecule has 3 heterocycles. The van der Waals surface area contributed by atoms with Gasteiger partial charge in [-0.15, -0.1) is 0 Å². The fraction of sp³-hybridized carbons (Fsp3) is 0.263. The quantitative estimate of drug-likeness (QED) is 0.712. The maximum atomic E-state index is 12.8. The number of likely N-dealkylation sites (tertiary alicyclic amines) is 1. The van der Waals surface area contributed by atoms with Crippen LogP contribution in [0.2, 0.25) is 0 Å². The van der Waals surface area contributed by atoms with Crippen LogP contribution in [-0.2, 0) is 11.3 Å². The van der Waals surface area contributed by atoms with E-state index in [1.54, 1.807) is 19.3 Å². The van der Waals surface area contributed by atoms with Crippen LogP contribution in [0.1, 0.15) is 21.8 Å². The van der Waals surface area contributed by atoms with Crippen LogP contribution in [0.4, 0.5) is 0 Å². The molecule has 4 rings (SSSR count). The molecule has 6 nitrogen and oxygen atoms in total. The summed E-state index contributed by atoms with van der Waals surface area (Å²) in [5, 5.41) is 0.371. The van der Waals surface area contributed by atoms with E-state index in [-0.39, 0.29) is 11.8 Å². The number of likely N-dealkylation sites (N-methyl/N-ethyl adjacent to an activating group) is 1. The molecule has 1 aliphatic heterocycles. The van der Waals surface area contributed by atoms with Crippen molar-refractivity contribution in [2.75, 3.05) is 13.6 Å². The van der Waals surface area contributed by atoms with Gasteiger partial charge in [0.05, 0.1) is 0 Å². The van der Waals surface area contributed by atoms with Crippen LogP contribution in [0.25, 0.3) is 10.3 Å². The van der Waals surface area contributed by atoms with E-state index in [4.69, 9.17) is 0 Å². The highest BCUT2D eigenvalue weighted by molar-refractivity contribution is 7.19. The Morgan fingerprint density at radius 1 is 1.27 bits per heavy atom. The molecule has 132 valence electrons. The number of fused-ring (bicyclic) bond motifs is 1. The van der Waals surface area contributed by atoms with Gasteiger partial charge in [0.15, 0.2) is 5.01 Å². The number of carbonyl (C=O) groups is 2. The monoisotopic (exact) mass is 366 g/mol. The van der Waals surface area contributed by atoms with E-state index >= 15 is 0 Å². The molecule has 1 atom stereocenters. The Hall–Kier alpha value is -2.80. The summed E-state index contributed by atoms with van der Waals surface area (Å²) in [4.78, 5) is 38.2. The maximum absolute atomic E-state index is 12.8. The van der Waals surface area contributed by atoms with Crippen molar-refractivity contribution in [2.45, 2.75) is 19.0 Å². The highest BCUT2D eigenvalue weighted by Gasteiger charge is 2.37. The lowest BCUT2D eigenvalue weighted by Gasteiger charge is -2.23. The third-order valence-corrected chi connectivity index (χ3v) is 5.59. The number of carbonyl (C=O) groups excluding carboxylic acids is 2. The first-order valence-electron chi connectivity index (χ1n) is 8.45. The smallest absolute Gasteiger partial charge is 0.283 e. The van der Waals surface area contributed by atoms with Crippen molar-refractivity contribution in [2.24, 2.45) is 0 Å². The predicted molar refractivity (Wildman–Crippen MR) is 99.8 cm³/mol. The second kappa shape index (κ2) is 6.84. The Balaban J connectivity index is 1.48. The zero-order valence-electron chi connectivity index (χ0n) is 14.3. The van der Waals surface area contributed by atoms with Crippen LogP contribution < -0.4 is 0 Å². The molecule has 1 saturated heterocycles. The molecule has 7 heteroatoms. The predicted octanol–water partition coefficient (Wildman–Crippen LogP) is 2.56. The number of hydrogen-bond donors (Lipinski definition) is 0. The van der Waals surface area contributed by atoms with Gasteiger partial charge in [0.2, 0.25) is 5.91 Å². The van der Waals surface area contributed by atoms with Gasteiger partial charge in [-0.05, 0) is 24.1 Å². The summed E-state index contributed by atoms with van der Waals surface area (Å²) in [7, 11) is 1.68. The molecule has 0 aliphatic carbocycles. The van der Waals surface area contributed by atoms with Gasteiger partial charge in [-0.1, -0.05) is 41.7 Å². The number of rotatable bonds is 4. The number of benzene rings is 1. The molecule has 1 aliphatic rings. The maximum Gasteiger partial charge on any atom is 0.283 e. The molecular weight excluding hydrogens is 348 g/mol. The third kappa shape index (κ3) is 3.06. The minimum Gasteiger partial charge on any atom is -0.336 e. The van der Waals surface area contributed by atoms with E-state index < -0.39 is 6.04 Å². The molecule has 0 radical (unpaired) electrons. The van der Waals surface area contributed by atoms with Gasteiger partial charge in [-0.3, -0.25) is 9.59 Å². The Morgan fingerprint density at radius 3 is 2.85 bits per heavy atom. The Morgan fingerprint density at radius 2 is 2.08 bits per heavy atom. The van der Waals surface area contributed by atoms with Crippen LogP contribution in [-0.4, -0.2) is 51.2 Å². The van der Waals surface area contributed by atoms with Gasteiger partial charge in [-0.2, -0.15) is 0 Å². The Labute approximate surface area is 155 Å². The average molecular weight is 366 g/mol. The largest absolute Gasteiger partial charge is 0.336 e. The van der Waals surface area contributed by atoms with E-state index in [2.05, 4.69) is 9.97 Å². The summed E-state index contributed by atoms with van der Waals surface area (Å²) >= 11 is 1.26. The molecule has 0 spiro atoms. The SMILES string of the molecule is CN(C(=O)c1nc2cccnc2s1)C1CCN(Cc2ccccc2)C1=O. The number of aromatic nitrogens is 2. The van der Waals surface area contributed by atoms with Crippen LogP contribution in [0.15, 0.2) is 48.7 Å². The van der Waals surface area contributed by atoms with Crippen molar-refractivity contribution < 1.29 is 9.59 Å². The lowest BCUT2D eigenvalue weighted by atomic mass is 10.2. The summed E-state index contributed by atoms with van der Waals surface area (Å²) in [6.07, 6.45) is 2.32. The minimum atomic E-state index is -0.439. The first kappa shape index (κ1) is 16.7. The molecule has 1 fully saturated rings. The summed E-state index contributed by atoms with van der Waals surface area (Å²) in [5.74, 6) is -0.239. The molecule has 1 unspecified atom stereocenters. The molecule has 26 heavy (non-hydrogen) atoms. The first-order valence-corrected chi connectivity index (χ1v) is 9.26. The molecule has 3 aromatic rings. The zero-order chi connectivity index (χ0) is 18.1. The number of nitrogens with zero attached hydrogens (tertiary/aromatic N) is 4. The van der Waals surface area contributed by atoms with Gasteiger partial charge in [0.25, 0.3) is 5.91 Å². The van der Waals surface area contributed by atoms with Crippen molar-refractivity contribution in [3.63, 3.8) is 0 Å². The summed E-state index contributed by atoms with van der Waals surface area (Å²) in [6, 6.07) is 13.1.